The van der Waals surface area contributed by atoms with Crippen LogP contribution in [-0.2, 0) is 0 Å². The van der Waals surface area contributed by atoms with Gasteiger partial charge >= 0.3 is 0 Å². The lowest BCUT2D eigenvalue weighted by molar-refractivity contribution is 1.24. The van der Waals surface area contributed by atoms with Gasteiger partial charge in [0.1, 0.15) is 0 Å². The van der Waals surface area contributed by atoms with Gasteiger partial charge in [-0.05, 0) is 18.2 Å². The third kappa shape index (κ3) is 3.81. The normalized spacial score (nSPS) is 9.91. The molecule has 0 atom stereocenters. The van der Waals surface area contributed by atoms with E-state index in [1.165, 1.54) is 21.8 Å². The molecular weight excluding hydrogens is 278 g/mol. The monoisotopic (exact) mass is 305 g/mol. The number of hydrogen-bond acceptors (Lipinski definition) is 0. The fourth-order valence-electron chi connectivity index (χ4n) is 2.49. The van der Waals surface area contributed by atoms with E-state index < -0.39 is 0 Å². The Labute approximate surface area is 140 Å². The van der Waals surface area contributed by atoms with Crippen molar-refractivity contribution in [2.45, 2.75) is 27.7 Å². The van der Waals surface area contributed by atoms with Crippen molar-refractivity contribution >= 4 is 27.5 Å². The largest absolute Gasteiger partial charge is 0.310 e. The summed E-state index contributed by atoms with van der Waals surface area (Å²) in [4.78, 5) is 0. The van der Waals surface area contributed by atoms with E-state index in [0.717, 1.165) is 5.70 Å². The van der Waals surface area contributed by atoms with Crippen molar-refractivity contribution in [1.82, 2.24) is 4.57 Å². The number of nitrogens with zero attached hydrogens (tertiary/aromatic N) is 1. The maximum Gasteiger partial charge on any atom is 0.0540 e. The van der Waals surface area contributed by atoms with Crippen molar-refractivity contribution in [1.29, 1.82) is 0 Å². The first-order valence-corrected chi connectivity index (χ1v) is 8.29. The van der Waals surface area contributed by atoms with Crippen LogP contribution in [0.3, 0.4) is 0 Å². The summed E-state index contributed by atoms with van der Waals surface area (Å²) in [7, 11) is 0. The molecule has 23 heavy (non-hydrogen) atoms. The zero-order valence-corrected chi connectivity index (χ0v) is 14.7. The van der Waals surface area contributed by atoms with Crippen LogP contribution in [0.1, 0.15) is 27.7 Å². The molecule has 0 saturated carbocycles. The highest BCUT2D eigenvalue weighted by molar-refractivity contribution is 6.10. The molecule has 0 spiro atoms. The summed E-state index contributed by atoms with van der Waals surface area (Å²) in [5, 5.41) is 2.51. The highest BCUT2D eigenvalue weighted by Gasteiger charge is 2.09. The number of para-hydroxylation sites is 2. The molecule has 0 fully saturated rings. The Hall–Kier alpha value is -2.54. The third-order valence-electron chi connectivity index (χ3n) is 3.29. The first kappa shape index (κ1) is 18.5. The molecule has 0 saturated heterocycles. The second-order valence-corrected chi connectivity index (χ2v) is 4.46. The summed E-state index contributed by atoms with van der Waals surface area (Å²) in [5.74, 6) is 0. The fraction of sp³-hybridized carbons (Fsp3) is 0.182. The standard InChI is InChI=1S/C18H15N.2C2H6/c1-3-4-9-14(2)19-17-12-7-5-10-15(17)16-11-6-8-13-18(16)19;2*1-2/h3-13H,1-2H2;2*1-2H3/b9-4-;;. The van der Waals surface area contributed by atoms with Gasteiger partial charge in [0.2, 0.25) is 0 Å². The van der Waals surface area contributed by atoms with Crippen LogP contribution in [0.2, 0.25) is 0 Å². The Morgan fingerprint density at radius 1 is 0.826 bits per heavy atom. The predicted octanol–water partition coefficient (Wildman–Crippen LogP) is 7.06. The minimum atomic E-state index is 0.942. The molecular formula is C22H27N. The number of aromatic nitrogens is 1. The van der Waals surface area contributed by atoms with Gasteiger partial charge in [-0.3, -0.25) is 0 Å². The van der Waals surface area contributed by atoms with Gasteiger partial charge in [-0.15, -0.1) is 0 Å². The fourth-order valence-corrected chi connectivity index (χ4v) is 2.49. The van der Waals surface area contributed by atoms with Crippen LogP contribution in [-0.4, -0.2) is 4.57 Å². The van der Waals surface area contributed by atoms with E-state index >= 15 is 0 Å². The average molecular weight is 305 g/mol. The molecule has 0 aliphatic heterocycles. The van der Waals surface area contributed by atoms with E-state index in [9.17, 15) is 0 Å². The van der Waals surface area contributed by atoms with Gasteiger partial charge < -0.3 is 4.57 Å². The van der Waals surface area contributed by atoms with E-state index in [4.69, 9.17) is 0 Å². The molecule has 2 aromatic carbocycles. The summed E-state index contributed by atoms with van der Waals surface area (Å²) in [6.45, 7) is 15.9. The molecule has 3 rings (SSSR count). The lowest BCUT2D eigenvalue weighted by atomic mass is 10.2. The van der Waals surface area contributed by atoms with Crippen molar-refractivity contribution < 1.29 is 0 Å². The topological polar surface area (TPSA) is 4.93 Å². The molecule has 0 aliphatic carbocycles. The summed E-state index contributed by atoms with van der Waals surface area (Å²) in [6.07, 6.45) is 5.65. The minimum Gasteiger partial charge on any atom is -0.310 e. The van der Waals surface area contributed by atoms with Gasteiger partial charge in [-0.25, -0.2) is 0 Å². The summed E-state index contributed by atoms with van der Waals surface area (Å²) in [5.41, 5.74) is 3.31. The van der Waals surface area contributed by atoms with Gasteiger partial charge in [0, 0.05) is 16.5 Å². The Kier molecular flexibility index (Phi) is 7.62. The molecule has 0 bridgehead atoms. The zero-order chi connectivity index (χ0) is 17.2. The van der Waals surface area contributed by atoms with E-state index in [-0.39, 0.29) is 0 Å². The van der Waals surface area contributed by atoms with Crippen LogP contribution >= 0.6 is 0 Å². The lowest BCUT2D eigenvalue weighted by Gasteiger charge is -2.06. The molecule has 0 radical (unpaired) electrons. The van der Waals surface area contributed by atoms with Crippen molar-refractivity contribution in [3.05, 3.63) is 79.9 Å². The van der Waals surface area contributed by atoms with E-state index in [1.807, 2.05) is 39.8 Å². The van der Waals surface area contributed by atoms with Gasteiger partial charge in [0.25, 0.3) is 0 Å². The molecule has 1 aromatic heterocycles. The van der Waals surface area contributed by atoms with Crippen molar-refractivity contribution in [3.8, 4) is 0 Å². The molecule has 3 aromatic rings. The molecule has 0 N–H and O–H groups in total. The first-order chi connectivity index (χ1) is 11.3. The smallest absolute Gasteiger partial charge is 0.0540 e. The molecule has 1 heteroatoms. The van der Waals surface area contributed by atoms with Crippen LogP contribution in [0.5, 0.6) is 0 Å². The number of fused-ring (bicyclic) bond motifs is 3. The second kappa shape index (κ2) is 9.47. The van der Waals surface area contributed by atoms with E-state index in [0.29, 0.717) is 0 Å². The summed E-state index contributed by atoms with van der Waals surface area (Å²) < 4.78 is 2.19. The maximum atomic E-state index is 4.16. The van der Waals surface area contributed by atoms with Crippen LogP contribution in [0.4, 0.5) is 0 Å². The van der Waals surface area contributed by atoms with Crippen LogP contribution in [0.15, 0.2) is 79.9 Å². The highest BCUT2D eigenvalue weighted by Crippen LogP contribution is 2.31. The highest BCUT2D eigenvalue weighted by atomic mass is 15.0. The SMILES string of the molecule is C=C/C=C\C(=C)n1c2ccccc2c2ccccc21.CC.CC. The first-order valence-electron chi connectivity index (χ1n) is 8.29. The number of allylic oxidation sites excluding steroid dienone is 4. The molecule has 0 aliphatic rings. The molecule has 0 amide bonds. The predicted molar refractivity (Wildman–Crippen MR) is 107 cm³/mol. The Morgan fingerprint density at radius 3 is 1.70 bits per heavy atom. The number of hydrogen-bond donors (Lipinski definition) is 0. The average Bonchev–Trinajstić information content (AvgIpc) is 2.98. The lowest BCUT2D eigenvalue weighted by Crippen LogP contribution is -1.92. The zero-order valence-electron chi connectivity index (χ0n) is 14.7. The van der Waals surface area contributed by atoms with Gasteiger partial charge in [0.15, 0.2) is 0 Å². The van der Waals surface area contributed by atoms with Crippen LogP contribution < -0.4 is 0 Å². The van der Waals surface area contributed by atoms with Gasteiger partial charge in [0.05, 0.1) is 11.0 Å². The minimum absolute atomic E-state index is 0.942. The maximum absolute atomic E-state index is 4.16. The van der Waals surface area contributed by atoms with Crippen molar-refractivity contribution in [2.24, 2.45) is 0 Å². The van der Waals surface area contributed by atoms with Gasteiger partial charge in [-0.1, -0.05) is 89.4 Å². The van der Waals surface area contributed by atoms with Crippen molar-refractivity contribution in [3.63, 3.8) is 0 Å². The van der Waals surface area contributed by atoms with Gasteiger partial charge in [-0.2, -0.15) is 0 Å². The Balaban J connectivity index is 0.000000615. The van der Waals surface area contributed by atoms with E-state index in [1.54, 1.807) is 6.08 Å². The molecule has 1 nitrogen and oxygen atoms in total. The van der Waals surface area contributed by atoms with E-state index in [2.05, 4.69) is 66.3 Å². The molecule has 1 heterocycles. The summed E-state index contributed by atoms with van der Waals surface area (Å²) >= 11 is 0. The number of benzene rings is 2. The third-order valence-corrected chi connectivity index (χ3v) is 3.29. The van der Waals surface area contributed by atoms with Crippen molar-refractivity contribution in [2.75, 3.05) is 0 Å². The molecule has 0 unspecified atom stereocenters. The van der Waals surface area contributed by atoms with Crippen LogP contribution in [0.25, 0.3) is 27.5 Å². The summed E-state index contributed by atoms with van der Waals surface area (Å²) in [6, 6.07) is 16.8. The molecule has 120 valence electrons. The second-order valence-electron chi connectivity index (χ2n) is 4.46. The Morgan fingerprint density at radius 2 is 1.26 bits per heavy atom. The quantitative estimate of drug-likeness (QED) is 0.456. The number of rotatable bonds is 3. The van der Waals surface area contributed by atoms with Crippen LogP contribution in [0, 0.1) is 0 Å². The Bertz CT molecular complexity index is 750.